The number of aliphatic hydroxyl groups is 4. The Morgan fingerprint density at radius 2 is 1.87 bits per heavy atom. The van der Waals surface area contributed by atoms with Gasteiger partial charge >= 0.3 is 0 Å². The SMILES string of the molecule is C=C(C=CC=C(CO)C1CCC2(C(CCCO)C(=C(C)C=O)CCC2(O)CCNC)C1O)C1(CC=C(C)CNCC)CCCC1. The Balaban J connectivity index is 1.92. The maximum absolute atomic E-state index is 12.4. The molecule has 0 radical (unpaired) electrons. The summed E-state index contributed by atoms with van der Waals surface area (Å²) in [6.45, 7) is 12.9. The zero-order chi connectivity index (χ0) is 33.1. The third-order valence-electron chi connectivity index (χ3n) is 11.6. The number of aliphatic hydroxyl groups excluding tert-OH is 3. The number of likely N-dealkylation sites (N-methyl/N-ethyl adjacent to an activating group) is 1. The van der Waals surface area contributed by atoms with Crippen LogP contribution in [0.15, 0.2) is 58.7 Å². The Bertz CT molecular complexity index is 1120. The summed E-state index contributed by atoms with van der Waals surface area (Å²) in [4.78, 5) is 12.0. The monoisotopic (exact) mass is 626 g/mol. The van der Waals surface area contributed by atoms with Crippen LogP contribution in [0.5, 0.6) is 0 Å². The molecule has 3 aliphatic rings. The van der Waals surface area contributed by atoms with Crippen LogP contribution < -0.4 is 10.6 Å². The van der Waals surface area contributed by atoms with Crippen molar-refractivity contribution >= 4 is 6.29 Å². The minimum Gasteiger partial charge on any atom is -0.396 e. The molecule has 3 saturated carbocycles. The molecule has 45 heavy (non-hydrogen) atoms. The fourth-order valence-corrected chi connectivity index (χ4v) is 8.91. The lowest BCUT2D eigenvalue weighted by atomic mass is 9.51. The van der Waals surface area contributed by atoms with Crippen LogP contribution in [0.25, 0.3) is 0 Å². The highest BCUT2D eigenvalue weighted by atomic mass is 16.3. The van der Waals surface area contributed by atoms with E-state index in [9.17, 15) is 25.2 Å². The lowest BCUT2D eigenvalue weighted by molar-refractivity contribution is -0.180. The average molecular weight is 627 g/mol. The van der Waals surface area contributed by atoms with E-state index in [-0.39, 0.29) is 30.5 Å². The van der Waals surface area contributed by atoms with E-state index in [1.807, 2.05) is 26.1 Å². The molecule has 3 fully saturated rings. The van der Waals surface area contributed by atoms with E-state index in [2.05, 4.69) is 43.2 Å². The molecule has 0 heterocycles. The van der Waals surface area contributed by atoms with Crippen LogP contribution >= 0.6 is 0 Å². The first kappa shape index (κ1) is 37.6. The van der Waals surface area contributed by atoms with Gasteiger partial charge in [-0.25, -0.2) is 0 Å². The molecule has 3 aliphatic carbocycles. The summed E-state index contributed by atoms with van der Waals surface area (Å²) >= 11 is 0. The summed E-state index contributed by atoms with van der Waals surface area (Å²) in [5.41, 5.74) is 2.90. The van der Waals surface area contributed by atoms with Crippen LogP contribution in [0.4, 0.5) is 0 Å². The molecule has 5 atom stereocenters. The van der Waals surface area contributed by atoms with Gasteiger partial charge in [0.15, 0.2) is 0 Å². The highest BCUT2D eigenvalue weighted by molar-refractivity contribution is 5.74. The van der Waals surface area contributed by atoms with Gasteiger partial charge in [-0.05, 0) is 126 Å². The molecule has 0 bridgehead atoms. The summed E-state index contributed by atoms with van der Waals surface area (Å²) < 4.78 is 0. The summed E-state index contributed by atoms with van der Waals surface area (Å²) in [5, 5.41) is 51.6. The second kappa shape index (κ2) is 17.3. The van der Waals surface area contributed by atoms with Crippen molar-refractivity contribution in [2.75, 3.05) is 39.9 Å². The number of nitrogens with one attached hydrogen (secondary N) is 2. The van der Waals surface area contributed by atoms with Crippen molar-refractivity contribution in [3.63, 3.8) is 0 Å². The second-order valence-corrected chi connectivity index (χ2v) is 14.1. The van der Waals surface area contributed by atoms with E-state index < -0.39 is 17.1 Å². The molecule has 1 spiro atoms. The van der Waals surface area contributed by atoms with E-state index in [1.165, 1.54) is 18.4 Å². The molecule has 7 heteroatoms. The molecular weight excluding hydrogens is 564 g/mol. The van der Waals surface area contributed by atoms with Crippen molar-refractivity contribution in [3.8, 4) is 0 Å². The molecule has 0 aromatic heterocycles. The number of rotatable bonds is 17. The summed E-state index contributed by atoms with van der Waals surface area (Å²) in [5.74, 6) is -0.550. The number of allylic oxidation sites excluding steroid dienone is 7. The number of carbonyl (C=O) groups is 1. The van der Waals surface area contributed by atoms with Gasteiger partial charge in [0.25, 0.3) is 0 Å². The van der Waals surface area contributed by atoms with Gasteiger partial charge in [-0.2, -0.15) is 0 Å². The third-order valence-corrected chi connectivity index (χ3v) is 11.6. The molecule has 3 rings (SSSR count). The maximum Gasteiger partial charge on any atom is 0.145 e. The molecular formula is C38H62N2O5. The van der Waals surface area contributed by atoms with Gasteiger partial charge in [0.2, 0.25) is 0 Å². The third kappa shape index (κ3) is 8.17. The Hall–Kier alpha value is -1.87. The van der Waals surface area contributed by atoms with Crippen LogP contribution in [0.2, 0.25) is 0 Å². The molecule has 7 nitrogen and oxygen atoms in total. The van der Waals surface area contributed by atoms with E-state index in [0.29, 0.717) is 57.1 Å². The van der Waals surface area contributed by atoms with Crippen molar-refractivity contribution in [2.45, 2.75) is 110 Å². The van der Waals surface area contributed by atoms with Crippen LogP contribution in [0.1, 0.15) is 97.8 Å². The average Bonchev–Trinajstić information content (AvgIpc) is 3.67. The van der Waals surface area contributed by atoms with Gasteiger partial charge in [-0.3, -0.25) is 4.79 Å². The number of aldehydes is 1. The minimum absolute atomic E-state index is 0.0113. The van der Waals surface area contributed by atoms with E-state index >= 15 is 0 Å². The van der Waals surface area contributed by atoms with Gasteiger partial charge in [0.1, 0.15) is 6.29 Å². The largest absolute Gasteiger partial charge is 0.396 e. The van der Waals surface area contributed by atoms with E-state index in [4.69, 9.17) is 0 Å². The Kier molecular flexibility index (Phi) is 14.5. The summed E-state index contributed by atoms with van der Waals surface area (Å²) in [7, 11) is 1.86. The maximum atomic E-state index is 12.4. The lowest BCUT2D eigenvalue weighted by Gasteiger charge is -2.57. The fourth-order valence-electron chi connectivity index (χ4n) is 8.91. The molecule has 6 N–H and O–H groups in total. The smallest absolute Gasteiger partial charge is 0.145 e. The summed E-state index contributed by atoms with van der Waals surface area (Å²) in [6, 6.07) is 0. The van der Waals surface area contributed by atoms with Crippen LogP contribution in [-0.2, 0) is 4.79 Å². The Labute approximate surface area is 272 Å². The van der Waals surface area contributed by atoms with E-state index in [0.717, 1.165) is 55.4 Å². The number of hydrogen-bond acceptors (Lipinski definition) is 7. The van der Waals surface area contributed by atoms with Crippen molar-refractivity contribution in [1.82, 2.24) is 10.6 Å². The van der Waals surface area contributed by atoms with Gasteiger partial charge in [0.05, 0.1) is 18.3 Å². The van der Waals surface area contributed by atoms with Gasteiger partial charge < -0.3 is 31.1 Å². The fraction of sp³-hybridized carbons (Fsp3) is 0.711. The predicted octanol–water partition coefficient (Wildman–Crippen LogP) is 5.32. The van der Waals surface area contributed by atoms with Crippen LogP contribution in [0, 0.1) is 22.7 Å². The van der Waals surface area contributed by atoms with Crippen molar-refractivity contribution in [3.05, 3.63) is 58.7 Å². The zero-order valence-electron chi connectivity index (χ0n) is 28.5. The highest BCUT2D eigenvalue weighted by Crippen LogP contribution is 2.64. The summed E-state index contributed by atoms with van der Waals surface area (Å²) in [6.07, 6.45) is 17.9. The first-order valence-corrected chi connectivity index (χ1v) is 17.4. The van der Waals surface area contributed by atoms with Gasteiger partial charge in [-0.15, -0.1) is 0 Å². The van der Waals surface area contributed by atoms with E-state index in [1.54, 1.807) is 0 Å². The van der Waals surface area contributed by atoms with Crippen molar-refractivity contribution in [1.29, 1.82) is 0 Å². The molecule has 0 amide bonds. The Morgan fingerprint density at radius 3 is 2.49 bits per heavy atom. The normalized spacial score (nSPS) is 31.7. The first-order chi connectivity index (χ1) is 21.6. The minimum atomic E-state index is -1.14. The molecule has 5 unspecified atom stereocenters. The number of hydrogen-bond donors (Lipinski definition) is 6. The van der Waals surface area contributed by atoms with Gasteiger partial charge in [-0.1, -0.05) is 61.8 Å². The molecule has 0 aliphatic heterocycles. The quantitative estimate of drug-likeness (QED) is 0.0559. The van der Waals surface area contributed by atoms with Crippen molar-refractivity contribution in [2.24, 2.45) is 22.7 Å². The van der Waals surface area contributed by atoms with Gasteiger partial charge in [0, 0.05) is 24.5 Å². The predicted molar refractivity (Wildman–Crippen MR) is 184 cm³/mol. The molecule has 0 aromatic rings. The van der Waals surface area contributed by atoms with Crippen LogP contribution in [0.3, 0.4) is 0 Å². The van der Waals surface area contributed by atoms with Crippen LogP contribution in [-0.4, -0.2) is 78.3 Å². The first-order valence-electron chi connectivity index (χ1n) is 17.4. The standard InChI is InChI=1S/C38H62N2O5/c1-6-40-25-28(2)14-19-36(17-7-8-18-36)30(4)11-9-12-31(27-43)33-16-21-38(35(33)44)34(13-10-24-41)32(29(3)26-42)15-20-37(38,45)22-23-39-5/h9,11-12,14,26,33-35,39-41,43-45H,4,6-8,10,13,15-25,27H2,1-3,5H3. The zero-order valence-corrected chi connectivity index (χ0v) is 28.5. The second-order valence-electron chi connectivity index (χ2n) is 14.1. The molecule has 0 saturated heterocycles. The highest BCUT2D eigenvalue weighted by Gasteiger charge is 2.65. The lowest BCUT2D eigenvalue weighted by Crippen LogP contribution is -2.61. The molecule has 254 valence electrons. The topological polar surface area (TPSA) is 122 Å². The molecule has 0 aromatic carbocycles. The number of carbonyl (C=O) groups excluding carboxylic acids is 1. The van der Waals surface area contributed by atoms with Crippen molar-refractivity contribution < 1.29 is 25.2 Å². The Morgan fingerprint density at radius 1 is 1.13 bits per heavy atom.